The first kappa shape index (κ1) is 26.2. The summed E-state index contributed by atoms with van der Waals surface area (Å²) >= 11 is 0. The van der Waals surface area contributed by atoms with Gasteiger partial charge in [0.05, 0.1) is 0 Å². The molecule has 34 heavy (non-hydrogen) atoms. The van der Waals surface area contributed by atoms with Gasteiger partial charge in [0, 0.05) is 48.8 Å². The monoisotopic (exact) mass is 497 g/mol. The van der Waals surface area contributed by atoms with E-state index in [2.05, 4.69) is 57.2 Å². The lowest BCUT2D eigenvalue weighted by Gasteiger charge is -2.32. The van der Waals surface area contributed by atoms with E-state index in [1.165, 1.54) is 29.7 Å². The Balaban J connectivity index is 0.00000162. The molecule has 0 aliphatic carbocycles. The number of Topliss-reactive ketones (excluding diaryl/α,β-unsaturated/α-hetero) is 1. The van der Waals surface area contributed by atoms with Crippen LogP contribution in [-0.2, 0) is 13.0 Å². The predicted octanol–water partition coefficient (Wildman–Crippen LogP) is 6.49. The van der Waals surface area contributed by atoms with E-state index >= 15 is 0 Å². The molecule has 0 atom stereocenters. The Labute approximate surface area is 215 Å². The summed E-state index contributed by atoms with van der Waals surface area (Å²) < 4.78 is 0. The van der Waals surface area contributed by atoms with Gasteiger partial charge >= 0.3 is 0 Å². The lowest BCUT2D eigenvalue weighted by molar-refractivity contribution is 0.0961. The minimum Gasteiger partial charge on any atom is -0.341 e. The molecule has 0 spiro atoms. The van der Waals surface area contributed by atoms with Crippen molar-refractivity contribution >= 4 is 42.0 Å². The molecule has 0 unspecified atom stereocenters. The average Bonchev–Trinajstić information content (AvgIpc) is 3.28. The molecule has 2 aliphatic heterocycles. The van der Waals surface area contributed by atoms with Crippen molar-refractivity contribution in [1.29, 1.82) is 0 Å². The Bertz CT molecular complexity index is 1050. The van der Waals surface area contributed by atoms with Gasteiger partial charge in [0.2, 0.25) is 0 Å². The first-order valence-electron chi connectivity index (χ1n) is 11.9. The number of nitrogens with zero attached hydrogens (tertiary/aromatic N) is 3. The van der Waals surface area contributed by atoms with Crippen LogP contribution in [0, 0.1) is 5.92 Å². The quantitative estimate of drug-likeness (QED) is 0.349. The molecule has 0 radical (unpaired) electrons. The van der Waals surface area contributed by atoms with Gasteiger partial charge in [-0.3, -0.25) is 14.7 Å². The molecule has 6 heteroatoms. The van der Waals surface area contributed by atoms with Crippen molar-refractivity contribution in [3.05, 3.63) is 89.7 Å². The third-order valence-corrected chi connectivity index (χ3v) is 7.01. The maximum atomic E-state index is 12.9. The van der Waals surface area contributed by atoms with Gasteiger partial charge in [-0.25, -0.2) is 0 Å². The van der Waals surface area contributed by atoms with Gasteiger partial charge in [0.1, 0.15) is 0 Å². The minimum atomic E-state index is 0. The van der Waals surface area contributed by atoms with Gasteiger partial charge in [0.25, 0.3) is 0 Å². The number of likely N-dealkylation sites (tertiary alicyclic amines) is 1. The van der Waals surface area contributed by atoms with Crippen molar-refractivity contribution in [2.75, 3.05) is 24.5 Å². The molecular weight excluding hydrogens is 465 g/mol. The van der Waals surface area contributed by atoms with Crippen LogP contribution in [0.4, 0.5) is 11.4 Å². The van der Waals surface area contributed by atoms with Crippen molar-refractivity contribution in [2.45, 2.75) is 38.6 Å². The molecule has 4 nitrogen and oxygen atoms in total. The number of pyridine rings is 1. The fourth-order valence-electron chi connectivity index (χ4n) is 5.12. The normalized spacial score (nSPS) is 15.8. The first-order valence-corrected chi connectivity index (χ1v) is 11.9. The first-order chi connectivity index (χ1) is 15.8. The maximum Gasteiger partial charge on any atom is 0.162 e. The molecule has 2 aromatic carbocycles. The summed E-state index contributed by atoms with van der Waals surface area (Å²) in [5, 5.41) is 0. The largest absolute Gasteiger partial charge is 0.341 e. The van der Waals surface area contributed by atoms with E-state index in [-0.39, 0.29) is 24.8 Å². The summed E-state index contributed by atoms with van der Waals surface area (Å²) in [5.74, 6) is 0.962. The third-order valence-electron chi connectivity index (χ3n) is 7.01. The molecule has 3 heterocycles. The zero-order valence-electron chi connectivity index (χ0n) is 19.4. The van der Waals surface area contributed by atoms with Gasteiger partial charge in [-0.2, -0.15) is 0 Å². The van der Waals surface area contributed by atoms with Crippen LogP contribution in [0.2, 0.25) is 0 Å². The highest BCUT2D eigenvalue weighted by Gasteiger charge is 2.23. The van der Waals surface area contributed by atoms with Gasteiger partial charge < -0.3 is 4.90 Å². The summed E-state index contributed by atoms with van der Waals surface area (Å²) in [6.45, 7) is 4.27. The fourth-order valence-corrected chi connectivity index (χ4v) is 5.12. The van der Waals surface area contributed by atoms with E-state index in [0.29, 0.717) is 18.1 Å². The Morgan fingerprint density at radius 2 is 1.65 bits per heavy atom. The molecule has 1 aromatic heterocycles. The number of hydrogen-bond donors (Lipinski definition) is 0. The second-order valence-corrected chi connectivity index (χ2v) is 9.12. The molecule has 3 aromatic rings. The summed E-state index contributed by atoms with van der Waals surface area (Å²) in [4.78, 5) is 21.9. The number of rotatable bonds is 7. The van der Waals surface area contributed by atoms with Crippen LogP contribution in [0.5, 0.6) is 0 Å². The van der Waals surface area contributed by atoms with Crippen molar-refractivity contribution in [1.82, 2.24) is 9.88 Å². The van der Waals surface area contributed by atoms with Crippen molar-refractivity contribution in [3.63, 3.8) is 0 Å². The SMILES string of the molecule is Cl.Cl.O=C(CCC1CCN(Cc2ccccc2)CC1)c1ccc2c(c1)CCN2c1ccncc1. The van der Waals surface area contributed by atoms with Crippen LogP contribution < -0.4 is 4.90 Å². The van der Waals surface area contributed by atoms with E-state index in [9.17, 15) is 4.79 Å². The summed E-state index contributed by atoms with van der Waals surface area (Å²) in [5.41, 5.74) is 5.93. The van der Waals surface area contributed by atoms with Crippen molar-refractivity contribution in [3.8, 4) is 0 Å². The van der Waals surface area contributed by atoms with Crippen molar-refractivity contribution < 1.29 is 4.79 Å². The number of anilines is 2. The summed E-state index contributed by atoms with van der Waals surface area (Å²) in [6.07, 6.45) is 8.72. The third kappa shape index (κ3) is 6.18. The van der Waals surface area contributed by atoms with Gasteiger partial charge in [0.15, 0.2) is 5.78 Å². The topological polar surface area (TPSA) is 36.4 Å². The number of halogens is 2. The van der Waals surface area contributed by atoms with E-state index in [4.69, 9.17) is 0 Å². The van der Waals surface area contributed by atoms with Gasteiger partial charge in [-0.1, -0.05) is 30.3 Å². The Kier molecular flexibility index (Phi) is 9.52. The predicted molar refractivity (Wildman–Crippen MR) is 144 cm³/mol. The highest BCUT2D eigenvalue weighted by atomic mass is 35.5. The highest BCUT2D eigenvalue weighted by Crippen LogP contribution is 2.35. The summed E-state index contributed by atoms with van der Waals surface area (Å²) in [6, 6.07) is 21.1. The minimum absolute atomic E-state index is 0. The van der Waals surface area contributed by atoms with E-state index in [0.717, 1.165) is 50.3 Å². The van der Waals surface area contributed by atoms with Gasteiger partial charge in [-0.15, -0.1) is 24.8 Å². The molecule has 5 rings (SSSR count). The number of hydrogen-bond acceptors (Lipinski definition) is 4. The Morgan fingerprint density at radius 1 is 0.912 bits per heavy atom. The number of aromatic nitrogens is 1. The van der Waals surface area contributed by atoms with E-state index in [1.54, 1.807) is 0 Å². The maximum absolute atomic E-state index is 12.9. The van der Waals surface area contributed by atoms with Crippen LogP contribution >= 0.6 is 24.8 Å². The van der Waals surface area contributed by atoms with Gasteiger partial charge in [-0.05, 0) is 86.1 Å². The average molecular weight is 498 g/mol. The second kappa shape index (κ2) is 12.3. The number of carbonyl (C=O) groups excluding carboxylic acids is 1. The Morgan fingerprint density at radius 3 is 2.38 bits per heavy atom. The fraction of sp³-hybridized carbons (Fsp3) is 0.357. The zero-order chi connectivity index (χ0) is 21.8. The molecule has 0 saturated carbocycles. The second-order valence-electron chi connectivity index (χ2n) is 9.12. The Hall–Kier alpha value is -2.40. The van der Waals surface area contributed by atoms with Crippen LogP contribution in [0.1, 0.15) is 47.2 Å². The van der Waals surface area contributed by atoms with Crippen molar-refractivity contribution in [2.24, 2.45) is 5.92 Å². The van der Waals surface area contributed by atoms with Crippen LogP contribution in [0.3, 0.4) is 0 Å². The zero-order valence-corrected chi connectivity index (χ0v) is 21.1. The molecule has 0 N–H and O–H groups in total. The summed E-state index contributed by atoms with van der Waals surface area (Å²) in [7, 11) is 0. The van der Waals surface area contributed by atoms with Crippen LogP contribution in [0.25, 0.3) is 0 Å². The molecule has 2 aliphatic rings. The molecule has 0 bridgehead atoms. The number of benzene rings is 2. The lowest BCUT2D eigenvalue weighted by atomic mass is 9.90. The number of carbonyl (C=O) groups is 1. The molecule has 180 valence electrons. The standard InChI is InChI=1S/C28H31N3O.2ClH/c32-28(9-6-22-12-17-30(18-13-22)21-23-4-2-1-3-5-23)25-7-8-27-24(20-25)14-19-31(27)26-10-15-29-16-11-26;;/h1-5,7-8,10-11,15-16,20,22H,6,9,12-14,17-19,21H2;2*1H. The lowest BCUT2D eigenvalue weighted by Crippen LogP contribution is -2.33. The van der Waals surface area contributed by atoms with Crippen LogP contribution in [-0.4, -0.2) is 35.3 Å². The number of fused-ring (bicyclic) bond motifs is 1. The van der Waals surface area contributed by atoms with E-state index < -0.39 is 0 Å². The molecule has 0 amide bonds. The number of ketones is 1. The van der Waals surface area contributed by atoms with Crippen LogP contribution in [0.15, 0.2) is 73.1 Å². The smallest absolute Gasteiger partial charge is 0.162 e. The number of piperidine rings is 1. The molecular formula is C28H33Cl2N3O. The van der Waals surface area contributed by atoms with E-state index in [1.807, 2.05) is 30.6 Å². The molecule has 1 fully saturated rings. The molecule has 1 saturated heterocycles. The highest BCUT2D eigenvalue weighted by molar-refractivity contribution is 5.97.